The topological polar surface area (TPSA) is 68.6 Å². The third kappa shape index (κ3) is 3.14. The van der Waals surface area contributed by atoms with E-state index in [2.05, 4.69) is 15.2 Å². The van der Waals surface area contributed by atoms with E-state index in [0.29, 0.717) is 6.54 Å². The van der Waals surface area contributed by atoms with Gasteiger partial charge in [0.05, 0.1) is 23.6 Å². The van der Waals surface area contributed by atoms with E-state index < -0.39 is 0 Å². The molecule has 2 aliphatic rings. The molecule has 0 unspecified atom stereocenters. The van der Waals surface area contributed by atoms with Crippen LogP contribution in [0.2, 0.25) is 0 Å². The molecule has 2 aromatic rings. The van der Waals surface area contributed by atoms with Gasteiger partial charge in [-0.05, 0) is 31.5 Å². The smallest absolute Gasteiger partial charge is 0.231 e. The van der Waals surface area contributed by atoms with Crippen LogP contribution in [0.25, 0.3) is 0 Å². The molecule has 7 heteroatoms. The maximum absolute atomic E-state index is 12.8. The number of fused-ring (bicyclic) bond motifs is 2. The Balaban J connectivity index is 1.56. The monoisotopic (exact) mass is 356 g/mol. The van der Waals surface area contributed by atoms with Gasteiger partial charge in [-0.2, -0.15) is 0 Å². The summed E-state index contributed by atoms with van der Waals surface area (Å²) >= 11 is 0. The van der Waals surface area contributed by atoms with Crippen LogP contribution in [0, 0.1) is 0 Å². The summed E-state index contributed by atoms with van der Waals surface area (Å²) in [5, 5.41) is 3.05. The van der Waals surface area contributed by atoms with Crippen molar-refractivity contribution in [3.63, 3.8) is 0 Å². The van der Waals surface area contributed by atoms with Gasteiger partial charge in [-0.1, -0.05) is 6.07 Å². The lowest BCUT2D eigenvalue weighted by Gasteiger charge is -2.32. The highest BCUT2D eigenvalue weighted by Crippen LogP contribution is 2.34. The fourth-order valence-corrected chi connectivity index (χ4v) is 3.69. The minimum Gasteiger partial charge on any atom is -0.454 e. The van der Waals surface area contributed by atoms with Gasteiger partial charge >= 0.3 is 0 Å². The van der Waals surface area contributed by atoms with Crippen molar-refractivity contribution >= 4 is 5.91 Å². The van der Waals surface area contributed by atoms with Gasteiger partial charge in [-0.15, -0.1) is 0 Å². The van der Waals surface area contributed by atoms with Crippen LogP contribution in [0.15, 0.2) is 24.5 Å². The first-order valence-electron chi connectivity index (χ1n) is 8.92. The van der Waals surface area contributed by atoms with Crippen LogP contribution in [0.1, 0.15) is 36.7 Å². The van der Waals surface area contributed by atoms with E-state index in [9.17, 15) is 4.79 Å². The Morgan fingerprint density at radius 3 is 2.96 bits per heavy atom. The number of aromatic nitrogens is 2. The molecule has 1 aromatic carbocycles. The SMILES string of the molecule is CC(C)NC(=O)[C@@H]1CN(Cc2ccc3c(c2)OCO3)Cc2ncn(C)c21. The number of nitrogens with one attached hydrogen (secondary N) is 1. The minimum absolute atomic E-state index is 0.0558. The quantitative estimate of drug-likeness (QED) is 0.904. The van der Waals surface area contributed by atoms with Crippen LogP contribution < -0.4 is 14.8 Å². The number of carbonyl (C=O) groups excluding carboxylic acids is 1. The van der Waals surface area contributed by atoms with E-state index in [1.54, 1.807) is 6.33 Å². The van der Waals surface area contributed by atoms with Crippen LogP contribution in [-0.2, 0) is 24.9 Å². The Morgan fingerprint density at radius 2 is 2.15 bits per heavy atom. The molecule has 7 nitrogen and oxygen atoms in total. The van der Waals surface area contributed by atoms with Crippen molar-refractivity contribution in [2.45, 2.75) is 38.9 Å². The first-order chi connectivity index (χ1) is 12.5. The second-order valence-corrected chi connectivity index (χ2v) is 7.26. The summed E-state index contributed by atoms with van der Waals surface area (Å²) < 4.78 is 12.8. The fraction of sp³-hybridized carbons (Fsp3) is 0.474. The van der Waals surface area contributed by atoms with Crippen molar-refractivity contribution in [1.82, 2.24) is 19.8 Å². The molecular formula is C19H24N4O3. The molecule has 1 atom stereocenters. The van der Waals surface area contributed by atoms with E-state index in [4.69, 9.17) is 9.47 Å². The predicted octanol–water partition coefficient (Wildman–Crippen LogP) is 1.77. The third-order valence-electron chi connectivity index (χ3n) is 4.80. The lowest BCUT2D eigenvalue weighted by atomic mass is 9.96. The average molecular weight is 356 g/mol. The molecule has 0 saturated carbocycles. The van der Waals surface area contributed by atoms with Gasteiger partial charge in [0.1, 0.15) is 0 Å². The molecule has 26 heavy (non-hydrogen) atoms. The second-order valence-electron chi connectivity index (χ2n) is 7.26. The summed E-state index contributed by atoms with van der Waals surface area (Å²) in [5.74, 6) is 1.41. The van der Waals surface area contributed by atoms with Gasteiger partial charge in [0, 0.05) is 32.7 Å². The van der Waals surface area contributed by atoms with Crippen LogP contribution in [-0.4, -0.2) is 39.7 Å². The van der Waals surface area contributed by atoms with Crippen LogP contribution in [0.5, 0.6) is 11.5 Å². The number of rotatable bonds is 4. The van der Waals surface area contributed by atoms with Crippen molar-refractivity contribution in [3.05, 3.63) is 41.5 Å². The van der Waals surface area contributed by atoms with Crippen molar-refractivity contribution in [2.24, 2.45) is 7.05 Å². The molecule has 0 aliphatic carbocycles. The molecule has 4 rings (SSSR count). The van der Waals surface area contributed by atoms with Gasteiger partial charge in [0.15, 0.2) is 11.5 Å². The number of hydrogen-bond donors (Lipinski definition) is 1. The largest absolute Gasteiger partial charge is 0.454 e. The Labute approximate surface area is 152 Å². The molecule has 0 fully saturated rings. The molecule has 138 valence electrons. The first-order valence-corrected chi connectivity index (χ1v) is 8.92. The molecule has 0 spiro atoms. The molecule has 0 saturated heterocycles. The molecule has 1 aromatic heterocycles. The van der Waals surface area contributed by atoms with Gasteiger partial charge in [-0.25, -0.2) is 4.98 Å². The predicted molar refractivity (Wildman–Crippen MR) is 95.9 cm³/mol. The normalized spacial score (nSPS) is 18.8. The summed E-state index contributed by atoms with van der Waals surface area (Å²) in [4.78, 5) is 19.5. The number of amides is 1. The number of imidazole rings is 1. The summed E-state index contributed by atoms with van der Waals surface area (Å²) in [7, 11) is 1.95. The number of ether oxygens (including phenoxy) is 2. The molecule has 0 bridgehead atoms. The fourth-order valence-electron chi connectivity index (χ4n) is 3.69. The lowest BCUT2D eigenvalue weighted by Crippen LogP contribution is -2.43. The van der Waals surface area contributed by atoms with Crippen molar-refractivity contribution in [1.29, 1.82) is 0 Å². The highest BCUT2D eigenvalue weighted by Gasteiger charge is 2.34. The van der Waals surface area contributed by atoms with E-state index in [1.165, 1.54) is 0 Å². The number of aryl methyl sites for hydroxylation is 1. The maximum atomic E-state index is 12.8. The molecule has 1 N–H and O–H groups in total. The molecule has 1 amide bonds. The summed E-state index contributed by atoms with van der Waals surface area (Å²) in [6.07, 6.45) is 1.80. The zero-order valence-corrected chi connectivity index (χ0v) is 15.4. The number of benzene rings is 1. The Kier molecular flexibility index (Phi) is 4.32. The highest BCUT2D eigenvalue weighted by molar-refractivity contribution is 5.84. The summed E-state index contributed by atoms with van der Waals surface area (Å²) in [6.45, 7) is 6.37. The molecule has 0 radical (unpaired) electrons. The number of carbonyl (C=O) groups is 1. The second kappa shape index (κ2) is 6.64. The van der Waals surface area contributed by atoms with Gasteiger partial charge in [0.2, 0.25) is 12.7 Å². The summed E-state index contributed by atoms with van der Waals surface area (Å²) in [6, 6.07) is 6.12. The first kappa shape index (κ1) is 16.9. The zero-order chi connectivity index (χ0) is 18.3. The van der Waals surface area contributed by atoms with E-state index in [1.807, 2.05) is 43.7 Å². The van der Waals surface area contributed by atoms with Crippen LogP contribution in [0.4, 0.5) is 0 Å². The lowest BCUT2D eigenvalue weighted by molar-refractivity contribution is -0.124. The molecule has 3 heterocycles. The Morgan fingerprint density at radius 1 is 1.35 bits per heavy atom. The van der Waals surface area contributed by atoms with Gasteiger partial charge in [-0.3, -0.25) is 9.69 Å². The maximum Gasteiger partial charge on any atom is 0.231 e. The van der Waals surface area contributed by atoms with Crippen LogP contribution >= 0.6 is 0 Å². The minimum atomic E-state index is -0.220. The highest BCUT2D eigenvalue weighted by atomic mass is 16.7. The van der Waals surface area contributed by atoms with Crippen molar-refractivity contribution in [2.75, 3.05) is 13.3 Å². The molecular weight excluding hydrogens is 332 g/mol. The van der Waals surface area contributed by atoms with Gasteiger partial charge in [0.25, 0.3) is 0 Å². The van der Waals surface area contributed by atoms with E-state index in [0.717, 1.165) is 41.5 Å². The summed E-state index contributed by atoms with van der Waals surface area (Å²) in [5.41, 5.74) is 3.13. The van der Waals surface area contributed by atoms with Crippen molar-refractivity contribution in [3.8, 4) is 11.5 Å². The average Bonchev–Trinajstić information content (AvgIpc) is 3.20. The van der Waals surface area contributed by atoms with Crippen molar-refractivity contribution < 1.29 is 14.3 Å². The molecule has 2 aliphatic heterocycles. The Bertz CT molecular complexity index is 830. The van der Waals surface area contributed by atoms with Crippen LogP contribution in [0.3, 0.4) is 0 Å². The zero-order valence-electron chi connectivity index (χ0n) is 15.4. The van der Waals surface area contributed by atoms with E-state index in [-0.39, 0.29) is 24.7 Å². The van der Waals surface area contributed by atoms with Gasteiger partial charge < -0.3 is 19.4 Å². The third-order valence-corrected chi connectivity index (χ3v) is 4.80. The van der Waals surface area contributed by atoms with E-state index >= 15 is 0 Å². The number of nitrogens with zero attached hydrogens (tertiary/aromatic N) is 3. The number of hydrogen-bond acceptors (Lipinski definition) is 5. The Hall–Kier alpha value is -2.54. The standard InChI is InChI=1S/C19H24N4O3/c1-12(2)21-19(24)14-8-23(9-15-18(14)22(3)10-20-15)7-13-4-5-16-17(6-13)26-11-25-16/h4-6,10,12,14H,7-9,11H2,1-3H3,(H,21,24)/t14-/m1/s1.